The van der Waals surface area contributed by atoms with Crippen molar-refractivity contribution in [3.63, 3.8) is 0 Å². The highest BCUT2D eigenvalue weighted by atomic mass is 16.5. The Labute approximate surface area is 102 Å². The zero-order valence-electron chi connectivity index (χ0n) is 10.5. The summed E-state index contributed by atoms with van der Waals surface area (Å²) in [6.07, 6.45) is 0. The van der Waals surface area contributed by atoms with Crippen LogP contribution in [0.15, 0.2) is 18.2 Å². The molecule has 0 saturated heterocycles. The van der Waals surface area contributed by atoms with Crippen molar-refractivity contribution in [1.82, 2.24) is 5.32 Å². The number of hydrogen-bond acceptors (Lipinski definition) is 3. The number of rotatable bonds is 5. The molecule has 2 N–H and O–H groups in total. The quantitative estimate of drug-likeness (QED) is 0.813. The van der Waals surface area contributed by atoms with Gasteiger partial charge in [-0.3, -0.25) is 4.79 Å². The minimum absolute atomic E-state index is 0.0507. The van der Waals surface area contributed by atoms with Crippen molar-refractivity contribution in [2.24, 2.45) is 5.92 Å². The van der Waals surface area contributed by atoms with Crippen LogP contribution in [-0.2, 0) is 0 Å². The number of methoxy groups -OCH3 is 1. The summed E-state index contributed by atoms with van der Waals surface area (Å²) in [7, 11) is 1.54. The lowest BCUT2D eigenvalue weighted by Gasteiger charge is -2.12. The largest absolute Gasteiger partial charge is 0.496 e. The Morgan fingerprint density at radius 2 is 2.24 bits per heavy atom. The summed E-state index contributed by atoms with van der Waals surface area (Å²) in [6.45, 7) is 4.30. The van der Waals surface area contributed by atoms with Crippen LogP contribution in [0, 0.1) is 12.8 Å². The first-order chi connectivity index (χ1) is 8.08. The number of hydrogen-bond donors (Lipinski definition) is 2. The van der Waals surface area contributed by atoms with Crippen molar-refractivity contribution < 1.29 is 14.6 Å². The van der Waals surface area contributed by atoms with E-state index in [4.69, 9.17) is 9.84 Å². The number of aliphatic hydroxyl groups is 1. The van der Waals surface area contributed by atoms with E-state index < -0.39 is 0 Å². The second-order valence-electron chi connectivity index (χ2n) is 4.20. The third-order valence-corrected chi connectivity index (χ3v) is 2.52. The molecule has 0 heterocycles. The van der Waals surface area contributed by atoms with E-state index in [0.29, 0.717) is 17.9 Å². The summed E-state index contributed by atoms with van der Waals surface area (Å²) < 4.78 is 5.14. The minimum Gasteiger partial charge on any atom is -0.496 e. The standard InChI is InChI=1S/C13H19NO3/c1-9-4-5-12(17-3)11(6-9)13(16)14-7-10(2)8-15/h4-6,10,15H,7-8H2,1-3H3,(H,14,16). The maximum atomic E-state index is 11.9. The molecule has 0 spiro atoms. The van der Waals surface area contributed by atoms with E-state index >= 15 is 0 Å². The van der Waals surface area contributed by atoms with Crippen molar-refractivity contribution in [3.8, 4) is 5.75 Å². The Kier molecular flexibility index (Phi) is 4.97. The lowest BCUT2D eigenvalue weighted by atomic mass is 10.1. The molecule has 94 valence electrons. The molecule has 0 bridgehead atoms. The highest BCUT2D eigenvalue weighted by Crippen LogP contribution is 2.19. The second-order valence-corrected chi connectivity index (χ2v) is 4.20. The molecule has 0 saturated carbocycles. The molecule has 1 rings (SSSR count). The number of aryl methyl sites for hydroxylation is 1. The molecule has 0 aliphatic carbocycles. The van der Waals surface area contributed by atoms with Gasteiger partial charge in [0, 0.05) is 13.2 Å². The molecule has 0 aliphatic rings. The summed E-state index contributed by atoms with van der Waals surface area (Å²) in [5.41, 5.74) is 1.53. The molecule has 17 heavy (non-hydrogen) atoms. The van der Waals surface area contributed by atoms with E-state index in [1.807, 2.05) is 19.9 Å². The molecule has 0 aromatic heterocycles. The van der Waals surface area contributed by atoms with Crippen molar-refractivity contribution in [3.05, 3.63) is 29.3 Å². The lowest BCUT2D eigenvalue weighted by Crippen LogP contribution is -2.29. The van der Waals surface area contributed by atoms with Crippen LogP contribution in [0.1, 0.15) is 22.8 Å². The van der Waals surface area contributed by atoms with Gasteiger partial charge in [0.25, 0.3) is 5.91 Å². The number of carbonyl (C=O) groups is 1. The molecule has 4 heteroatoms. The molecule has 0 aliphatic heterocycles. The Morgan fingerprint density at radius 1 is 1.53 bits per heavy atom. The average Bonchev–Trinajstić information content (AvgIpc) is 2.35. The predicted octanol–water partition coefficient (Wildman–Crippen LogP) is 1.36. The fourth-order valence-electron chi connectivity index (χ4n) is 1.43. The molecule has 4 nitrogen and oxygen atoms in total. The highest BCUT2D eigenvalue weighted by Gasteiger charge is 2.12. The smallest absolute Gasteiger partial charge is 0.255 e. The van der Waals surface area contributed by atoms with E-state index in [-0.39, 0.29) is 18.4 Å². The normalized spacial score (nSPS) is 12.0. The molecule has 0 fully saturated rings. The summed E-state index contributed by atoms with van der Waals surface area (Å²) in [5, 5.41) is 11.7. The van der Waals surface area contributed by atoms with E-state index in [2.05, 4.69) is 5.32 Å². The van der Waals surface area contributed by atoms with Gasteiger partial charge in [0.15, 0.2) is 0 Å². The van der Waals surface area contributed by atoms with Gasteiger partial charge in [-0.15, -0.1) is 0 Å². The second kappa shape index (κ2) is 6.25. The number of nitrogens with one attached hydrogen (secondary N) is 1. The minimum atomic E-state index is -0.175. The number of amides is 1. The van der Waals surface area contributed by atoms with Gasteiger partial charge >= 0.3 is 0 Å². The Morgan fingerprint density at radius 3 is 2.82 bits per heavy atom. The molecule has 1 amide bonds. The topological polar surface area (TPSA) is 58.6 Å². The van der Waals surface area contributed by atoms with Crippen molar-refractivity contribution in [2.75, 3.05) is 20.3 Å². The van der Waals surface area contributed by atoms with E-state index in [1.54, 1.807) is 12.1 Å². The highest BCUT2D eigenvalue weighted by molar-refractivity contribution is 5.97. The van der Waals surface area contributed by atoms with Gasteiger partial charge in [-0.25, -0.2) is 0 Å². The van der Waals surface area contributed by atoms with Gasteiger partial charge in [0.2, 0.25) is 0 Å². The Balaban J connectivity index is 2.77. The first-order valence-corrected chi connectivity index (χ1v) is 5.62. The van der Waals surface area contributed by atoms with Gasteiger partial charge in [-0.1, -0.05) is 18.6 Å². The number of carbonyl (C=O) groups excluding carboxylic acids is 1. The van der Waals surface area contributed by atoms with E-state index in [1.165, 1.54) is 7.11 Å². The number of ether oxygens (including phenoxy) is 1. The Bertz CT molecular complexity index is 390. The zero-order valence-corrected chi connectivity index (χ0v) is 10.5. The maximum Gasteiger partial charge on any atom is 0.255 e. The van der Waals surface area contributed by atoms with Crippen LogP contribution in [0.2, 0.25) is 0 Å². The van der Waals surface area contributed by atoms with Crippen LogP contribution in [0.5, 0.6) is 5.75 Å². The summed E-state index contributed by atoms with van der Waals surface area (Å²) in [6, 6.07) is 5.46. The summed E-state index contributed by atoms with van der Waals surface area (Å²) in [5.74, 6) is 0.436. The van der Waals surface area contributed by atoms with E-state index in [0.717, 1.165) is 5.56 Å². The molecular weight excluding hydrogens is 218 g/mol. The molecule has 1 unspecified atom stereocenters. The molecule has 1 aromatic rings. The van der Waals surface area contributed by atoms with Crippen LogP contribution in [-0.4, -0.2) is 31.3 Å². The van der Waals surface area contributed by atoms with Crippen molar-refractivity contribution in [1.29, 1.82) is 0 Å². The maximum absolute atomic E-state index is 11.9. The fourth-order valence-corrected chi connectivity index (χ4v) is 1.43. The summed E-state index contributed by atoms with van der Waals surface area (Å²) >= 11 is 0. The SMILES string of the molecule is COc1ccc(C)cc1C(=O)NCC(C)CO. The lowest BCUT2D eigenvalue weighted by molar-refractivity contribution is 0.0939. The van der Waals surface area contributed by atoms with Gasteiger partial charge in [0.05, 0.1) is 12.7 Å². The van der Waals surface area contributed by atoms with E-state index in [9.17, 15) is 4.79 Å². The van der Waals surface area contributed by atoms with Crippen LogP contribution in [0.25, 0.3) is 0 Å². The molecule has 0 radical (unpaired) electrons. The van der Waals surface area contributed by atoms with Crippen molar-refractivity contribution in [2.45, 2.75) is 13.8 Å². The van der Waals surface area contributed by atoms with Crippen LogP contribution in [0.4, 0.5) is 0 Å². The number of aliphatic hydroxyl groups excluding tert-OH is 1. The van der Waals surface area contributed by atoms with Crippen LogP contribution < -0.4 is 10.1 Å². The average molecular weight is 237 g/mol. The Hall–Kier alpha value is -1.55. The first-order valence-electron chi connectivity index (χ1n) is 5.62. The monoisotopic (exact) mass is 237 g/mol. The van der Waals surface area contributed by atoms with Gasteiger partial charge in [-0.2, -0.15) is 0 Å². The van der Waals surface area contributed by atoms with Gasteiger partial charge in [-0.05, 0) is 25.0 Å². The van der Waals surface area contributed by atoms with Gasteiger partial charge < -0.3 is 15.2 Å². The zero-order chi connectivity index (χ0) is 12.8. The molecular formula is C13H19NO3. The third-order valence-electron chi connectivity index (χ3n) is 2.52. The van der Waals surface area contributed by atoms with Crippen LogP contribution in [0.3, 0.4) is 0 Å². The van der Waals surface area contributed by atoms with Crippen molar-refractivity contribution >= 4 is 5.91 Å². The molecule has 1 atom stereocenters. The molecule has 1 aromatic carbocycles. The van der Waals surface area contributed by atoms with Gasteiger partial charge in [0.1, 0.15) is 5.75 Å². The third kappa shape index (κ3) is 3.75. The fraction of sp³-hybridized carbons (Fsp3) is 0.462. The summed E-state index contributed by atoms with van der Waals surface area (Å²) in [4.78, 5) is 11.9. The van der Waals surface area contributed by atoms with Crippen LogP contribution >= 0.6 is 0 Å². The first kappa shape index (κ1) is 13.5. The predicted molar refractivity (Wildman–Crippen MR) is 66.3 cm³/mol. The number of benzene rings is 1.